The SMILES string of the molecule is CCNc1nc(C(=O)OC)nc(COC)c1I. The van der Waals surface area contributed by atoms with E-state index in [1.54, 1.807) is 7.11 Å². The van der Waals surface area contributed by atoms with Crippen molar-refractivity contribution in [3.63, 3.8) is 0 Å². The van der Waals surface area contributed by atoms with E-state index in [4.69, 9.17) is 4.74 Å². The van der Waals surface area contributed by atoms with E-state index in [1.807, 2.05) is 6.92 Å². The fourth-order valence-corrected chi connectivity index (χ4v) is 1.78. The summed E-state index contributed by atoms with van der Waals surface area (Å²) >= 11 is 2.12. The second kappa shape index (κ2) is 6.70. The van der Waals surface area contributed by atoms with Crippen LogP contribution in [0.25, 0.3) is 0 Å². The Hall–Kier alpha value is -0.960. The van der Waals surface area contributed by atoms with Gasteiger partial charge in [-0.2, -0.15) is 0 Å². The minimum Gasteiger partial charge on any atom is -0.463 e. The van der Waals surface area contributed by atoms with Crippen LogP contribution in [0.1, 0.15) is 23.2 Å². The molecular weight excluding hydrogens is 337 g/mol. The summed E-state index contributed by atoms with van der Waals surface area (Å²) in [6.45, 7) is 2.98. The van der Waals surface area contributed by atoms with Crippen LogP contribution < -0.4 is 5.32 Å². The summed E-state index contributed by atoms with van der Waals surface area (Å²) in [5.41, 5.74) is 0.666. The maximum absolute atomic E-state index is 11.4. The van der Waals surface area contributed by atoms with Crippen molar-refractivity contribution in [2.75, 3.05) is 26.1 Å². The fraction of sp³-hybridized carbons (Fsp3) is 0.500. The zero-order valence-electron chi connectivity index (χ0n) is 9.91. The number of esters is 1. The van der Waals surface area contributed by atoms with Crippen molar-refractivity contribution in [2.24, 2.45) is 0 Å². The number of hydrogen-bond donors (Lipinski definition) is 1. The molecule has 1 aromatic rings. The Kier molecular flexibility index (Phi) is 5.56. The van der Waals surface area contributed by atoms with Crippen LogP contribution in [0.3, 0.4) is 0 Å². The molecule has 1 heterocycles. The summed E-state index contributed by atoms with van der Waals surface area (Å²) in [6.07, 6.45) is 0. The number of nitrogens with one attached hydrogen (secondary N) is 1. The van der Waals surface area contributed by atoms with Gasteiger partial charge in [0.15, 0.2) is 0 Å². The molecule has 0 bridgehead atoms. The van der Waals surface area contributed by atoms with E-state index in [9.17, 15) is 4.79 Å². The molecule has 1 aromatic heterocycles. The van der Waals surface area contributed by atoms with Gasteiger partial charge in [0, 0.05) is 13.7 Å². The van der Waals surface area contributed by atoms with Crippen LogP contribution in [0.4, 0.5) is 5.82 Å². The summed E-state index contributed by atoms with van der Waals surface area (Å²) in [5, 5.41) is 3.07. The van der Waals surface area contributed by atoms with Gasteiger partial charge in [0.2, 0.25) is 5.82 Å². The number of halogens is 1. The number of hydrogen-bond acceptors (Lipinski definition) is 6. The molecule has 0 aliphatic carbocycles. The second-order valence-electron chi connectivity index (χ2n) is 3.11. The molecule has 0 aliphatic heterocycles. The number of methoxy groups -OCH3 is 2. The van der Waals surface area contributed by atoms with E-state index in [-0.39, 0.29) is 5.82 Å². The van der Waals surface area contributed by atoms with Gasteiger partial charge >= 0.3 is 5.97 Å². The molecule has 0 saturated carbocycles. The van der Waals surface area contributed by atoms with E-state index in [1.165, 1.54) is 7.11 Å². The van der Waals surface area contributed by atoms with Crippen LogP contribution >= 0.6 is 22.6 Å². The van der Waals surface area contributed by atoms with Gasteiger partial charge in [-0.15, -0.1) is 0 Å². The van der Waals surface area contributed by atoms with Gasteiger partial charge in [-0.25, -0.2) is 14.8 Å². The quantitative estimate of drug-likeness (QED) is 0.640. The first-order chi connectivity index (χ1) is 8.13. The smallest absolute Gasteiger partial charge is 0.376 e. The third-order valence-electron chi connectivity index (χ3n) is 1.91. The Morgan fingerprint density at radius 1 is 1.41 bits per heavy atom. The van der Waals surface area contributed by atoms with Crippen molar-refractivity contribution < 1.29 is 14.3 Å². The molecule has 0 aromatic carbocycles. The minimum atomic E-state index is -0.557. The van der Waals surface area contributed by atoms with E-state index >= 15 is 0 Å². The van der Waals surface area contributed by atoms with E-state index < -0.39 is 5.97 Å². The minimum absolute atomic E-state index is 0.0379. The molecule has 0 aliphatic rings. The third-order valence-corrected chi connectivity index (χ3v) is 3.05. The highest BCUT2D eigenvalue weighted by Crippen LogP contribution is 2.20. The molecule has 7 heteroatoms. The largest absolute Gasteiger partial charge is 0.463 e. The van der Waals surface area contributed by atoms with Crippen LogP contribution in [0, 0.1) is 3.57 Å². The zero-order valence-corrected chi connectivity index (χ0v) is 12.1. The zero-order chi connectivity index (χ0) is 12.8. The van der Waals surface area contributed by atoms with E-state index in [2.05, 4.69) is 42.6 Å². The number of ether oxygens (including phenoxy) is 2. The van der Waals surface area contributed by atoms with Crippen molar-refractivity contribution >= 4 is 34.4 Å². The average Bonchev–Trinajstić information content (AvgIpc) is 2.33. The number of carbonyl (C=O) groups is 1. The Morgan fingerprint density at radius 3 is 2.65 bits per heavy atom. The number of rotatable bonds is 5. The van der Waals surface area contributed by atoms with Crippen molar-refractivity contribution in [3.05, 3.63) is 15.1 Å². The number of aromatic nitrogens is 2. The Balaban J connectivity index is 3.20. The van der Waals surface area contributed by atoms with Gasteiger partial charge in [0.25, 0.3) is 0 Å². The monoisotopic (exact) mass is 351 g/mol. The highest BCUT2D eigenvalue weighted by molar-refractivity contribution is 14.1. The van der Waals surface area contributed by atoms with E-state index in [0.29, 0.717) is 24.7 Å². The van der Waals surface area contributed by atoms with Crippen molar-refractivity contribution in [1.82, 2.24) is 9.97 Å². The van der Waals surface area contributed by atoms with E-state index in [0.717, 1.165) is 3.57 Å². The molecule has 0 unspecified atom stereocenters. The summed E-state index contributed by atoms with van der Waals surface area (Å²) in [7, 11) is 2.87. The number of anilines is 1. The second-order valence-corrected chi connectivity index (χ2v) is 4.19. The summed E-state index contributed by atoms with van der Waals surface area (Å²) < 4.78 is 10.5. The van der Waals surface area contributed by atoms with Crippen LogP contribution in [-0.2, 0) is 16.1 Å². The topological polar surface area (TPSA) is 73.3 Å². The summed E-state index contributed by atoms with van der Waals surface area (Å²) in [5.74, 6) is 0.101. The standard InChI is InChI=1S/C10H14IN3O3/c1-4-12-8-7(11)6(5-16-2)13-9(14-8)10(15)17-3/h4-5H2,1-3H3,(H,12,13,14). The molecule has 0 spiro atoms. The van der Waals surface area contributed by atoms with Gasteiger partial charge in [0.05, 0.1) is 23.0 Å². The molecule has 0 saturated heterocycles. The highest BCUT2D eigenvalue weighted by Gasteiger charge is 2.16. The lowest BCUT2D eigenvalue weighted by Gasteiger charge is -2.10. The van der Waals surface area contributed by atoms with Crippen molar-refractivity contribution in [2.45, 2.75) is 13.5 Å². The van der Waals surface area contributed by atoms with Crippen molar-refractivity contribution in [3.8, 4) is 0 Å². The Morgan fingerprint density at radius 2 is 2.12 bits per heavy atom. The molecule has 0 radical (unpaired) electrons. The summed E-state index contributed by atoms with van der Waals surface area (Å²) in [4.78, 5) is 19.7. The maximum Gasteiger partial charge on any atom is 0.376 e. The fourth-order valence-electron chi connectivity index (χ4n) is 1.19. The molecule has 17 heavy (non-hydrogen) atoms. The van der Waals surface area contributed by atoms with Gasteiger partial charge in [-0.1, -0.05) is 0 Å². The molecule has 0 amide bonds. The lowest BCUT2D eigenvalue weighted by molar-refractivity contribution is 0.0585. The average molecular weight is 351 g/mol. The number of nitrogens with zero attached hydrogens (tertiary/aromatic N) is 2. The Bertz CT molecular complexity index is 385. The maximum atomic E-state index is 11.4. The van der Waals surface area contributed by atoms with Gasteiger partial charge in [-0.3, -0.25) is 0 Å². The van der Waals surface area contributed by atoms with Crippen LogP contribution in [0.2, 0.25) is 0 Å². The molecular formula is C10H14IN3O3. The van der Waals surface area contributed by atoms with Crippen LogP contribution in [0.15, 0.2) is 0 Å². The predicted octanol–water partition coefficient (Wildman–Crippen LogP) is 1.45. The number of carbonyl (C=O) groups excluding carboxylic acids is 1. The first-order valence-corrected chi connectivity index (χ1v) is 6.09. The predicted molar refractivity (Wildman–Crippen MR) is 71.0 cm³/mol. The third kappa shape index (κ3) is 3.50. The van der Waals surface area contributed by atoms with Crippen molar-refractivity contribution in [1.29, 1.82) is 0 Å². The molecule has 0 fully saturated rings. The normalized spacial score (nSPS) is 10.1. The van der Waals surface area contributed by atoms with Crippen LogP contribution in [0.5, 0.6) is 0 Å². The Labute approximate surface area is 113 Å². The first-order valence-electron chi connectivity index (χ1n) is 5.01. The van der Waals surface area contributed by atoms with Gasteiger partial charge < -0.3 is 14.8 Å². The highest BCUT2D eigenvalue weighted by atomic mass is 127. The molecule has 94 valence electrons. The molecule has 0 atom stereocenters. The summed E-state index contributed by atoms with van der Waals surface area (Å²) in [6, 6.07) is 0. The first kappa shape index (κ1) is 14.1. The molecule has 1 N–H and O–H groups in total. The lowest BCUT2D eigenvalue weighted by Crippen LogP contribution is -2.14. The lowest BCUT2D eigenvalue weighted by atomic mass is 10.4. The van der Waals surface area contributed by atoms with Gasteiger partial charge in [0.1, 0.15) is 5.82 Å². The molecule has 6 nitrogen and oxygen atoms in total. The molecule has 1 rings (SSSR count). The van der Waals surface area contributed by atoms with Crippen LogP contribution in [-0.4, -0.2) is 36.7 Å². The van der Waals surface area contributed by atoms with Gasteiger partial charge in [-0.05, 0) is 29.5 Å².